The second-order valence-electron chi connectivity index (χ2n) is 9.93. The van der Waals surface area contributed by atoms with Crippen LogP contribution in [0.4, 0.5) is 18.9 Å². The van der Waals surface area contributed by atoms with E-state index in [9.17, 15) is 23.2 Å². The molecule has 212 valence electrons. The molecule has 1 atom stereocenters. The fourth-order valence-corrected chi connectivity index (χ4v) is 4.45. The smallest absolute Gasteiger partial charge is 0.422 e. The van der Waals surface area contributed by atoms with Gasteiger partial charge in [0.1, 0.15) is 12.7 Å². The number of fused-ring (bicyclic) bond motifs is 1. The Labute approximate surface area is 227 Å². The summed E-state index contributed by atoms with van der Waals surface area (Å²) < 4.78 is 53.2. The minimum atomic E-state index is -4.42. The Hall–Kier alpha value is -3.45. The van der Waals surface area contributed by atoms with E-state index in [1.54, 1.807) is 32.0 Å². The van der Waals surface area contributed by atoms with Crippen LogP contribution in [0, 0.1) is 17.2 Å². The van der Waals surface area contributed by atoms with Gasteiger partial charge >= 0.3 is 12.1 Å². The lowest BCUT2D eigenvalue weighted by atomic mass is 9.99. The van der Waals surface area contributed by atoms with Crippen LogP contribution in [-0.4, -0.2) is 57.6 Å². The molecule has 0 saturated carbocycles. The minimum Gasteiger partial charge on any atom is -0.488 e. The fourth-order valence-electron chi connectivity index (χ4n) is 4.45. The van der Waals surface area contributed by atoms with Crippen LogP contribution in [0.15, 0.2) is 36.4 Å². The topological polar surface area (TPSA) is 83.8 Å². The number of nitriles is 1. The van der Waals surface area contributed by atoms with Gasteiger partial charge in [-0.2, -0.15) is 18.4 Å². The Morgan fingerprint density at radius 3 is 2.51 bits per heavy atom. The summed E-state index contributed by atoms with van der Waals surface area (Å²) >= 11 is 0. The Bertz CT molecular complexity index is 1150. The first-order valence-corrected chi connectivity index (χ1v) is 13.2. The number of alkyl halides is 3. The maximum Gasteiger partial charge on any atom is 0.422 e. The van der Waals surface area contributed by atoms with Gasteiger partial charge in [0.15, 0.2) is 18.1 Å². The maximum atomic E-state index is 12.5. The van der Waals surface area contributed by atoms with Gasteiger partial charge in [-0.05, 0) is 55.5 Å². The van der Waals surface area contributed by atoms with Crippen LogP contribution in [0.25, 0.3) is 0 Å². The molecule has 0 spiro atoms. The number of halogens is 3. The Morgan fingerprint density at radius 2 is 1.85 bits per heavy atom. The second-order valence-corrected chi connectivity index (χ2v) is 9.93. The zero-order valence-corrected chi connectivity index (χ0v) is 22.6. The number of benzene rings is 2. The molecule has 0 unspecified atom stereocenters. The predicted molar refractivity (Wildman–Crippen MR) is 142 cm³/mol. The lowest BCUT2D eigenvalue weighted by Gasteiger charge is -2.21. The van der Waals surface area contributed by atoms with Gasteiger partial charge in [0.05, 0.1) is 23.8 Å². The quantitative estimate of drug-likeness (QED) is 0.262. The standard InChI is InChI=1S/C29H36F3N3O4/c1-20(2)28(36)38-13-6-11-35-12-9-23-16-22(17-24(18-33)27(23)35)15-21(3)34-10-14-37-25-7-4-5-8-26(25)39-19-29(30,31)32/h4-5,7-8,16-17,20-21,34H,6,9-15,19H2,1-3H3/t21-/m1/s1. The van der Waals surface area contributed by atoms with Gasteiger partial charge in [-0.25, -0.2) is 0 Å². The van der Waals surface area contributed by atoms with Crippen LogP contribution < -0.4 is 19.7 Å². The van der Waals surface area contributed by atoms with E-state index in [-0.39, 0.29) is 36.0 Å². The van der Waals surface area contributed by atoms with E-state index >= 15 is 0 Å². The molecule has 2 aromatic rings. The van der Waals surface area contributed by atoms with Crippen molar-refractivity contribution in [2.45, 2.75) is 52.3 Å². The molecule has 3 rings (SSSR count). The molecule has 0 bridgehead atoms. The highest BCUT2D eigenvalue weighted by atomic mass is 19.4. The molecule has 0 aromatic heterocycles. The van der Waals surface area contributed by atoms with E-state index in [1.807, 2.05) is 13.0 Å². The van der Waals surface area contributed by atoms with E-state index < -0.39 is 12.8 Å². The van der Waals surface area contributed by atoms with Crippen LogP contribution in [0.1, 0.15) is 43.9 Å². The molecule has 0 radical (unpaired) electrons. The molecule has 1 heterocycles. The summed E-state index contributed by atoms with van der Waals surface area (Å²) in [6.07, 6.45) is -2.16. The largest absolute Gasteiger partial charge is 0.488 e. The number of para-hydroxylation sites is 2. The second kappa shape index (κ2) is 14.1. The number of nitrogens with one attached hydrogen (secondary N) is 1. The molecule has 0 aliphatic carbocycles. The third kappa shape index (κ3) is 9.36. The number of esters is 1. The highest BCUT2D eigenvalue weighted by molar-refractivity contribution is 5.71. The van der Waals surface area contributed by atoms with E-state index in [1.165, 1.54) is 6.07 Å². The van der Waals surface area contributed by atoms with Crippen molar-refractivity contribution in [1.29, 1.82) is 5.26 Å². The SMILES string of the molecule is CC(C)C(=O)OCCCN1CCc2cc(C[C@@H](C)NCCOc3ccccc3OCC(F)(F)F)cc(C#N)c21. The third-order valence-electron chi connectivity index (χ3n) is 6.26. The van der Waals surface area contributed by atoms with Crippen molar-refractivity contribution in [1.82, 2.24) is 5.32 Å². The number of carbonyl (C=O) groups is 1. The maximum absolute atomic E-state index is 12.5. The fraction of sp³-hybridized carbons (Fsp3) is 0.517. The van der Waals surface area contributed by atoms with Crippen LogP contribution in [0.2, 0.25) is 0 Å². The summed E-state index contributed by atoms with van der Waals surface area (Å²) in [4.78, 5) is 13.8. The van der Waals surface area contributed by atoms with Crippen molar-refractivity contribution in [2.24, 2.45) is 5.92 Å². The van der Waals surface area contributed by atoms with Gasteiger partial charge in [-0.15, -0.1) is 0 Å². The van der Waals surface area contributed by atoms with Crippen molar-refractivity contribution in [2.75, 3.05) is 44.4 Å². The summed E-state index contributed by atoms with van der Waals surface area (Å²) in [5, 5.41) is 13.2. The van der Waals surface area contributed by atoms with Gasteiger partial charge in [0, 0.05) is 25.7 Å². The summed E-state index contributed by atoms with van der Waals surface area (Å²) in [6, 6.07) is 12.8. The first-order chi connectivity index (χ1) is 18.6. The first kappa shape index (κ1) is 30.1. The molecule has 0 fully saturated rings. The van der Waals surface area contributed by atoms with Crippen LogP contribution in [0.3, 0.4) is 0 Å². The highest BCUT2D eigenvalue weighted by Crippen LogP contribution is 2.33. The van der Waals surface area contributed by atoms with Crippen LogP contribution in [-0.2, 0) is 22.4 Å². The summed E-state index contributed by atoms with van der Waals surface area (Å²) in [5.41, 5.74) is 3.82. The van der Waals surface area contributed by atoms with Crippen molar-refractivity contribution in [3.8, 4) is 17.6 Å². The van der Waals surface area contributed by atoms with Crippen molar-refractivity contribution >= 4 is 11.7 Å². The molecule has 1 aliphatic rings. The van der Waals surface area contributed by atoms with E-state index in [0.29, 0.717) is 38.1 Å². The number of nitrogens with zero attached hydrogens (tertiary/aromatic N) is 2. The molecule has 39 heavy (non-hydrogen) atoms. The number of carbonyl (C=O) groups excluding carboxylic acids is 1. The Morgan fingerprint density at radius 1 is 1.13 bits per heavy atom. The lowest BCUT2D eigenvalue weighted by molar-refractivity contribution is -0.153. The molecule has 1 N–H and O–H groups in total. The van der Waals surface area contributed by atoms with Crippen molar-refractivity contribution in [3.05, 3.63) is 53.1 Å². The number of hydrogen-bond donors (Lipinski definition) is 1. The zero-order chi connectivity index (χ0) is 28.4. The zero-order valence-electron chi connectivity index (χ0n) is 22.6. The molecular formula is C29H36F3N3O4. The Kier molecular flexibility index (Phi) is 10.9. The summed E-state index contributed by atoms with van der Waals surface area (Å²) in [5.74, 6) is -0.0338. The first-order valence-electron chi connectivity index (χ1n) is 13.2. The van der Waals surface area contributed by atoms with Crippen molar-refractivity contribution < 1.29 is 32.2 Å². The molecular weight excluding hydrogens is 511 g/mol. The van der Waals surface area contributed by atoms with Gasteiger partial charge in [-0.1, -0.05) is 32.0 Å². The molecule has 2 aromatic carbocycles. The van der Waals surface area contributed by atoms with Gasteiger partial charge in [-0.3, -0.25) is 4.79 Å². The van der Waals surface area contributed by atoms with Crippen LogP contribution >= 0.6 is 0 Å². The summed E-state index contributed by atoms with van der Waals surface area (Å²) in [6.45, 7) is 6.92. The number of anilines is 1. The van der Waals surface area contributed by atoms with Gasteiger partial charge in [0.2, 0.25) is 0 Å². The highest BCUT2D eigenvalue weighted by Gasteiger charge is 2.29. The van der Waals surface area contributed by atoms with E-state index in [2.05, 4.69) is 22.4 Å². The normalized spacial score (nSPS) is 13.6. The average Bonchev–Trinajstić information content (AvgIpc) is 3.30. The molecule has 1 aliphatic heterocycles. The summed E-state index contributed by atoms with van der Waals surface area (Å²) in [7, 11) is 0. The van der Waals surface area contributed by atoms with Crippen LogP contribution in [0.5, 0.6) is 11.5 Å². The minimum absolute atomic E-state index is 0.0515. The molecule has 7 nitrogen and oxygen atoms in total. The van der Waals surface area contributed by atoms with Gasteiger partial charge in [0.25, 0.3) is 0 Å². The third-order valence-corrected chi connectivity index (χ3v) is 6.26. The molecule has 0 saturated heterocycles. The number of hydrogen-bond acceptors (Lipinski definition) is 7. The van der Waals surface area contributed by atoms with E-state index in [4.69, 9.17) is 14.2 Å². The Balaban J connectivity index is 1.48. The average molecular weight is 548 g/mol. The molecule has 0 amide bonds. The number of rotatable bonds is 14. The predicted octanol–water partition coefficient (Wildman–Crippen LogP) is 5.05. The number of ether oxygens (including phenoxy) is 3. The van der Waals surface area contributed by atoms with E-state index in [0.717, 1.165) is 29.8 Å². The molecule has 10 heteroatoms. The monoisotopic (exact) mass is 547 g/mol. The lowest BCUT2D eigenvalue weighted by Crippen LogP contribution is -2.32. The van der Waals surface area contributed by atoms with Gasteiger partial charge < -0.3 is 24.4 Å². The van der Waals surface area contributed by atoms with Crippen molar-refractivity contribution in [3.63, 3.8) is 0 Å².